The summed E-state index contributed by atoms with van der Waals surface area (Å²) in [5.41, 5.74) is 1.65. The Morgan fingerprint density at radius 2 is 1.87 bits per heavy atom. The number of fused-ring (bicyclic) bond motifs is 3. The molecule has 0 spiro atoms. The average molecular weight is 796 g/mol. The summed E-state index contributed by atoms with van der Waals surface area (Å²) in [6.07, 6.45) is 8.09. The van der Waals surface area contributed by atoms with Gasteiger partial charge in [-0.05, 0) is 67.9 Å². The van der Waals surface area contributed by atoms with Gasteiger partial charge >= 0.3 is 6.55 Å². The molecule has 6 heterocycles. The maximum absolute atomic E-state index is 14.4. The van der Waals surface area contributed by atoms with Crippen LogP contribution in [0, 0.1) is 17.7 Å². The highest BCUT2D eigenvalue weighted by atomic mass is 35.5. The number of H-pyrrole nitrogens is 1. The van der Waals surface area contributed by atoms with Crippen LogP contribution in [0.15, 0.2) is 83.3 Å². The van der Waals surface area contributed by atoms with E-state index in [1.807, 2.05) is 23.1 Å². The monoisotopic (exact) mass is 795 g/mol. The minimum Gasteiger partial charge on any atom is -0.382 e. The van der Waals surface area contributed by atoms with Crippen molar-refractivity contribution >= 4 is 44.4 Å². The van der Waals surface area contributed by atoms with E-state index in [0.717, 1.165) is 6.07 Å². The fourth-order valence-electron chi connectivity index (χ4n) is 8.78. The molecule has 5 aromatic rings. The van der Waals surface area contributed by atoms with E-state index >= 15 is 0 Å². The number of thiazole rings is 1. The molecule has 2 bridgehead atoms. The Kier molecular flexibility index (Phi) is 8.76. The van der Waals surface area contributed by atoms with Crippen molar-refractivity contribution < 1.29 is 26.7 Å². The summed E-state index contributed by atoms with van der Waals surface area (Å²) >= 11 is 7.93. The van der Waals surface area contributed by atoms with Gasteiger partial charge in [-0.2, -0.15) is 13.9 Å². The number of aliphatic hydroxyl groups is 1. The van der Waals surface area contributed by atoms with Crippen LogP contribution in [0.1, 0.15) is 66.8 Å². The molecule has 18 heteroatoms. The highest BCUT2D eigenvalue weighted by Crippen LogP contribution is 2.53. The molecule has 0 amide bonds. The zero-order valence-electron chi connectivity index (χ0n) is 28.4. The van der Waals surface area contributed by atoms with Crippen molar-refractivity contribution in [2.24, 2.45) is 16.8 Å². The van der Waals surface area contributed by atoms with Crippen molar-refractivity contribution in [2.75, 3.05) is 6.54 Å². The molecule has 9 rings (SSSR count). The molecule has 2 aliphatic carbocycles. The van der Waals surface area contributed by atoms with Crippen molar-refractivity contribution in [2.45, 2.75) is 61.6 Å². The maximum atomic E-state index is 14.4. The summed E-state index contributed by atoms with van der Waals surface area (Å²) in [6.45, 7) is -2.71. The van der Waals surface area contributed by atoms with Gasteiger partial charge in [0.2, 0.25) is 10.0 Å². The molecule has 3 fully saturated rings. The van der Waals surface area contributed by atoms with Gasteiger partial charge in [-0.25, -0.2) is 32.2 Å². The molecule has 2 aliphatic heterocycles. The predicted octanol–water partition coefficient (Wildman–Crippen LogP) is 6.30. The summed E-state index contributed by atoms with van der Waals surface area (Å²) in [7, 11) is -3.94. The van der Waals surface area contributed by atoms with Gasteiger partial charge < -0.3 is 15.0 Å². The van der Waals surface area contributed by atoms with Crippen molar-refractivity contribution in [3.05, 3.63) is 111 Å². The van der Waals surface area contributed by atoms with E-state index in [2.05, 4.69) is 29.8 Å². The molecule has 3 unspecified atom stereocenters. The van der Waals surface area contributed by atoms with Gasteiger partial charge in [-0.15, -0.1) is 11.3 Å². The molecule has 1 aromatic carbocycles. The number of aliphatic imine (C=N–C) groups is 1. The Labute approximate surface area is 316 Å². The van der Waals surface area contributed by atoms with Crippen LogP contribution in [0.3, 0.4) is 0 Å². The van der Waals surface area contributed by atoms with Gasteiger partial charge in [0.1, 0.15) is 29.0 Å². The summed E-state index contributed by atoms with van der Waals surface area (Å²) in [4.78, 5) is 23.5. The van der Waals surface area contributed by atoms with Crippen molar-refractivity contribution in [3.8, 4) is 11.4 Å². The minimum absolute atomic E-state index is 0.0903. The first-order valence-electron chi connectivity index (χ1n) is 17.4. The first-order chi connectivity index (χ1) is 26.0. The molecular weight excluding hydrogens is 763 g/mol. The van der Waals surface area contributed by atoms with E-state index in [4.69, 9.17) is 16.6 Å². The number of imidazole rings is 1. The predicted molar refractivity (Wildman–Crippen MR) is 195 cm³/mol. The highest BCUT2D eigenvalue weighted by molar-refractivity contribution is 7.90. The highest BCUT2D eigenvalue weighted by Gasteiger charge is 2.56. The number of hydrogen-bond acceptors (Lipinski definition) is 10. The number of aromatic nitrogens is 6. The fourth-order valence-corrected chi connectivity index (χ4v) is 11.9. The lowest BCUT2D eigenvalue weighted by Crippen LogP contribution is -2.51. The zero-order valence-corrected chi connectivity index (χ0v) is 30.7. The number of sulfonamides is 1. The van der Waals surface area contributed by atoms with Crippen LogP contribution in [0.25, 0.3) is 17.0 Å². The number of nitrogens with one attached hydrogen (secondary N) is 2. The molecular formula is C36H33ClF3N9O3S2. The van der Waals surface area contributed by atoms with Gasteiger partial charge in [0.05, 0.1) is 16.6 Å². The Balaban J connectivity index is 1.03. The first kappa shape index (κ1) is 35.3. The number of nitrogens with zero attached hydrogens (tertiary/aromatic N) is 7. The number of rotatable bonds is 9. The van der Waals surface area contributed by atoms with E-state index in [0.29, 0.717) is 62.4 Å². The first-order valence-corrected chi connectivity index (χ1v) is 20.3. The van der Waals surface area contributed by atoms with Crippen LogP contribution in [0.5, 0.6) is 0 Å². The molecule has 54 heavy (non-hydrogen) atoms. The summed E-state index contributed by atoms with van der Waals surface area (Å²) < 4.78 is 74.1. The number of amidine groups is 1. The van der Waals surface area contributed by atoms with Crippen molar-refractivity contribution in [1.82, 2.24) is 39.3 Å². The molecule has 12 nitrogen and oxygen atoms in total. The van der Waals surface area contributed by atoms with E-state index < -0.39 is 45.3 Å². The fraction of sp³-hybridized carbons (Fsp3) is 0.361. The van der Waals surface area contributed by atoms with Crippen LogP contribution in [-0.2, 0) is 15.6 Å². The lowest BCUT2D eigenvalue weighted by Gasteiger charge is -2.40. The second-order valence-corrected chi connectivity index (χ2v) is 17.4. The van der Waals surface area contributed by atoms with E-state index in [9.17, 15) is 26.7 Å². The van der Waals surface area contributed by atoms with Gasteiger partial charge in [-0.1, -0.05) is 23.7 Å². The second kappa shape index (κ2) is 13.4. The number of alkyl halides is 2. The Morgan fingerprint density at radius 1 is 1.06 bits per heavy atom. The molecule has 4 aromatic heterocycles. The van der Waals surface area contributed by atoms with E-state index in [1.165, 1.54) is 35.7 Å². The smallest absolute Gasteiger partial charge is 0.333 e. The summed E-state index contributed by atoms with van der Waals surface area (Å²) in [5.74, 6) is -0.329. The quantitative estimate of drug-likeness (QED) is 0.157. The molecule has 280 valence electrons. The third-order valence-corrected chi connectivity index (χ3v) is 14.1. The Hall–Kier alpha value is -4.42. The lowest BCUT2D eigenvalue weighted by atomic mass is 9.76. The molecule has 3 N–H and O–H groups in total. The van der Waals surface area contributed by atoms with E-state index in [1.54, 1.807) is 24.0 Å². The third-order valence-electron chi connectivity index (χ3n) is 10.9. The van der Waals surface area contributed by atoms with Gasteiger partial charge in [0, 0.05) is 71.0 Å². The topological polar surface area (TPSA) is 154 Å². The van der Waals surface area contributed by atoms with Crippen molar-refractivity contribution in [1.29, 1.82) is 0 Å². The number of pyridine rings is 1. The van der Waals surface area contributed by atoms with Gasteiger partial charge in [0.25, 0.3) is 0 Å². The molecule has 4 aliphatic rings. The molecule has 1 saturated heterocycles. The van der Waals surface area contributed by atoms with Crippen LogP contribution >= 0.6 is 22.9 Å². The van der Waals surface area contributed by atoms with Crippen molar-refractivity contribution in [3.63, 3.8) is 0 Å². The van der Waals surface area contributed by atoms with Crippen LogP contribution < -0.4 is 4.72 Å². The third kappa shape index (κ3) is 6.15. The standard InChI is InChI=1S/C36H33ClF3N9O3S2/c37-24-13-21(38)6-7-23(24)30-29(26-8-11-49(46-26)35(39)40)28-14-22(18-48(28)32(45-30)33-42-10-12-53-33)47-54(51,52)31-19-4-5-20(31)16-36(50,15-19)34-43-17-27(44-34)25-3-1-2-9-41-25/h1-3,6-13,17,19-20,22,30-31,35,47,50H,4-5,14-16,18H2,(H,43,44)/t19?,20?,22?,30-,31?,36?/m0/s1. The number of benzene rings is 1. The summed E-state index contributed by atoms with van der Waals surface area (Å²) in [6, 6.07) is 9.36. The SMILES string of the molecule is O=S(=O)(NC1CC2=C(c3ccn(C(F)F)n3)[C@H](c3ccc(F)cc3Cl)N=C(c3nccs3)N2C1)C1C2CCC1CC(O)(c1nc(-c3ccccn3)c[nH]1)C2. The minimum atomic E-state index is -3.94. The number of aromatic amines is 1. The molecule has 0 radical (unpaired) electrons. The van der Waals surface area contributed by atoms with Gasteiger partial charge in [-0.3, -0.25) is 9.98 Å². The number of halogens is 4. The molecule has 2 saturated carbocycles. The van der Waals surface area contributed by atoms with Crippen LogP contribution in [0.4, 0.5) is 13.2 Å². The second-order valence-electron chi connectivity index (χ2n) is 14.2. The maximum Gasteiger partial charge on any atom is 0.333 e. The zero-order chi connectivity index (χ0) is 37.4. The van der Waals surface area contributed by atoms with Crippen LogP contribution in [0.2, 0.25) is 5.02 Å². The number of hydrogen-bond donors (Lipinski definition) is 3. The Morgan fingerprint density at radius 3 is 2.56 bits per heavy atom. The average Bonchev–Trinajstić information content (AvgIpc) is 3.98. The largest absolute Gasteiger partial charge is 0.382 e. The van der Waals surface area contributed by atoms with Crippen LogP contribution in [-0.4, -0.2) is 71.8 Å². The van der Waals surface area contributed by atoms with Gasteiger partial charge in [0.15, 0.2) is 10.8 Å². The van der Waals surface area contributed by atoms with E-state index in [-0.39, 0.29) is 48.4 Å². The normalized spacial score (nSPS) is 26.8. The summed E-state index contributed by atoms with van der Waals surface area (Å²) in [5, 5.41) is 17.8. The molecule has 4 atom stereocenters. The Bertz CT molecular complexity index is 2370. The lowest BCUT2D eigenvalue weighted by molar-refractivity contribution is -0.0310.